The lowest BCUT2D eigenvalue weighted by atomic mass is 10.3. The van der Waals surface area contributed by atoms with E-state index in [4.69, 9.17) is 23.2 Å². The molecule has 4 nitrogen and oxygen atoms in total. The van der Waals surface area contributed by atoms with Crippen molar-refractivity contribution in [3.8, 4) is 0 Å². The Balaban J connectivity index is 1.87. The zero-order valence-corrected chi connectivity index (χ0v) is 13.3. The van der Waals surface area contributed by atoms with Gasteiger partial charge in [-0.05, 0) is 18.2 Å². The molecule has 3 rings (SSSR count). The molecule has 2 aromatic heterocycles. The standard InChI is InChI=1S/C13H12Cl2N4S/c1-18-10-4-3-8(14)5-9(10)17-13(18)20-7-12-16-6-11(15)19(12)2/h3-6H,7H2,1-2H3. The molecule has 0 N–H and O–H groups in total. The average Bonchev–Trinajstić information content (AvgIpc) is 2.90. The lowest BCUT2D eigenvalue weighted by molar-refractivity contribution is 0.808. The molecule has 0 saturated carbocycles. The van der Waals surface area contributed by atoms with Crippen LogP contribution in [0.5, 0.6) is 0 Å². The van der Waals surface area contributed by atoms with E-state index in [0.717, 1.165) is 22.0 Å². The van der Waals surface area contributed by atoms with E-state index in [9.17, 15) is 0 Å². The summed E-state index contributed by atoms with van der Waals surface area (Å²) in [5, 5.41) is 2.27. The molecule has 2 heterocycles. The van der Waals surface area contributed by atoms with Crippen molar-refractivity contribution in [3.63, 3.8) is 0 Å². The largest absolute Gasteiger partial charge is 0.322 e. The van der Waals surface area contributed by atoms with Crippen LogP contribution in [-0.4, -0.2) is 19.1 Å². The highest BCUT2D eigenvalue weighted by atomic mass is 35.5. The number of fused-ring (bicyclic) bond motifs is 1. The van der Waals surface area contributed by atoms with Crippen molar-refractivity contribution < 1.29 is 0 Å². The normalized spacial score (nSPS) is 11.4. The summed E-state index contributed by atoms with van der Waals surface area (Å²) in [6.45, 7) is 0. The quantitative estimate of drug-likeness (QED) is 0.684. The van der Waals surface area contributed by atoms with E-state index in [1.165, 1.54) is 0 Å². The number of aryl methyl sites for hydroxylation is 1. The topological polar surface area (TPSA) is 35.6 Å². The fourth-order valence-corrected chi connectivity index (χ4v) is 3.26. The van der Waals surface area contributed by atoms with E-state index in [1.54, 1.807) is 18.0 Å². The molecule has 0 spiro atoms. The predicted molar refractivity (Wildman–Crippen MR) is 83.5 cm³/mol. The highest BCUT2D eigenvalue weighted by Crippen LogP contribution is 2.27. The average molecular weight is 327 g/mol. The van der Waals surface area contributed by atoms with E-state index in [-0.39, 0.29) is 0 Å². The molecule has 0 radical (unpaired) electrons. The number of halogens is 2. The molecular formula is C13H12Cl2N4S. The zero-order chi connectivity index (χ0) is 14.3. The lowest BCUT2D eigenvalue weighted by Gasteiger charge is -2.03. The van der Waals surface area contributed by atoms with Crippen molar-refractivity contribution in [3.05, 3.63) is 40.4 Å². The van der Waals surface area contributed by atoms with E-state index in [0.29, 0.717) is 15.9 Å². The van der Waals surface area contributed by atoms with E-state index < -0.39 is 0 Å². The maximum absolute atomic E-state index is 5.99. The zero-order valence-electron chi connectivity index (χ0n) is 11.0. The molecule has 104 valence electrons. The van der Waals surface area contributed by atoms with Gasteiger partial charge in [-0.3, -0.25) is 0 Å². The summed E-state index contributed by atoms with van der Waals surface area (Å²) < 4.78 is 3.93. The van der Waals surface area contributed by atoms with Crippen LogP contribution in [0.1, 0.15) is 5.82 Å². The fraction of sp³-hybridized carbons (Fsp3) is 0.231. The molecule has 0 aliphatic heterocycles. The second-order valence-electron chi connectivity index (χ2n) is 4.43. The molecule has 0 saturated heterocycles. The summed E-state index contributed by atoms with van der Waals surface area (Å²) >= 11 is 13.6. The lowest BCUT2D eigenvalue weighted by Crippen LogP contribution is -1.97. The van der Waals surface area contributed by atoms with Crippen molar-refractivity contribution in [1.82, 2.24) is 19.1 Å². The minimum Gasteiger partial charge on any atom is -0.322 e. The van der Waals surface area contributed by atoms with E-state index in [1.807, 2.05) is 36.9 Å². The van der Waals surface area contributed by atoms with Gasteiger partial charge in [-0.1, -0.05) is 35.0 Å². The molecule has 0 fully saturated rings. The van der Waals surface area contributed by atoms with Gasteiger partial charge in [-0.2, -0.15) is 0 Å². The van der Waals surface area contributed by atoms with Crippen molar-refractivity contribution in [2.45, 2.75) is 10.9 Å². The Hall–Kier alpha value is -1.17. The van der Waals surface area contributed by atoms with Gasteiger partial charge in [-0.25, -0.2) is 9.97 Å². The molecule has 0 bridgehead atoms. The van der Waals surface area contributed by atoms with Crippen molar-refractivity contribution in [2.75, 3.05) is 0 Å². The maximum Gasteiger partial charge on any atom is 0.169 e. The summed E-state index contributed by atoms with van der Waals surface area (Å²) in [6.07, 6.45) is 1.66. The molecule has 0 aliphatic rings. The van der Waals surface area contributed by atoms with Crippen LogP contribution in [0.4, 0.5) is 0 Å². The summed E-state index contributed by atoms with van der Waals surface area (Å²) in [5.41, 5.74) is 1.97. The molecule has 0 aliphatic carbocycles. The predicted octanol–water partition coefficient (Wildman–Crippen LogP) is 3.91. The first-order chi connectivity index (χ1) is 9.56. The first-order valence-electron chi connectivity index (χ1n) is 5.97. The fourth-order valence-electron chi connectivity index (χ4n) is 1.97. The SMILES string of the molecule is Cn1c(Cl)cnc1CSc1nc2cc(Cl)ccc2n1C. The summed E-state index contributed by atoms with van der Waals surface area (Å²) in [6, 6.07) is 5.73. The highest BCUT2D eigenvalue weighted by molar-refractivity contribution is 7.98. The van der Waals surface area contributed by atoms with Crippen molar-refractivity contribution in [1.29, 1.82) is 0 Å². The summed E-state index contributed by atoms with van der Waals surface area (Å²) in [5.74, 6) is 1.64. The maximum atomic E-state index is 5.99. The van der Waals surface area contributed by atoms with E-state index in [2.05, 4.69) is 14.5 Å². The number of rotatable bonds is 3. The van der Waals surface area contributed by atoms with Crippen LogP contribution in [0.15, 0.2) is 29.6 Å². The number of hydrogen-bond donors (Lipinski definition) is 0. The molecule has 3 aromatic rings. The molecular weight excluding hydrogens is 315 g/mol. The first-order valence-corrected chi connectivity index (χ1v) is 7.71. The smallest absolute Gasteiger partial charge is 0.169 e. The van der Waals surface area contributed by atoms with Crippen LogP contribution >= 0.6 is 35.0 Å². The summed E-state index contributed by atoms with van der Waals surface area (Å²) in [7, 11) is 3.90. The van der Waals surface area contributed by atoms with Crippen LogP contribution in [-0.2, 0) is 19.8 Å². The van der Waals surface area contributed by atoms with Crippen LogP contribution < -0.4 is 0 Å². The second-order valence-corrected chi connectivity index (χ2v) is 6.20. The van der Waals surface area contributed by atoms with Gasteiger partial charge >= 0.3 is 0 Å². The third kappa shape index (κ3) is 2.41. The van der Waals surface area contributed by atoms with Gasteiger partial charge in [0.2, 0.25) is 0 Å². The van der Waals surface area contributed by atoms with Gasteiger partial charge in [0.15, 0.2) is 5.16 Å². The molecule has 7 heteroatoms. The van der Waals surface area contributed by atoms with Gasteiger partial charge in [0, 0.05) is 19.1 Å². The van der Waals surface area contributed by atoms with Gasteiger partial charge < -0.3 is 9.13 Å². The number of thioether (sulfide) groups is 1. The van der Waals surface area contributed by atoms with E-state index >= 15 is 0 Å². The van der Waals surface area contributed by atoms with Gasteiger partial charge in [-0.15, -0.1) is 0 Å². The Labute approximate surface area is 130 Å². The Kier molecular flexibility index (Phi) is 3.67. The van der Waals surface area contributed by atoms with Crippen molar-refractivity contribution in [2.24, 2.45) is 14.1 Å². The third-order valence-electron chi connectivity index (χ3n) is 3.16. The van der Waals surface area contributed by atoms with Crippen LogP contribution in [0, 0.1) is 0 Å². The Morgan fingerprint density at radius 1 is 1.20 bits per heavy atom. The van der Waals surface area contributed by atoms with Gasteiger partial charge in [0.25, 0.3) is 0 Å². The van der Waals surface area contributed by atoms with Crippen LogP contribution in [0.25, 0.3) is 11.0 Å². The number of hydrogen-bond acceptors (Lipinski definition) is 3. The Morgan fingerprint density at radius 2 is 2.00 bits per heavy atom. The highest BCUT2D eigenvalue weighted by Gasteiger charge is 2.11. The monoisotopic (exact) mass is 326 g/mol. The molecule has 1 aromatic carbocycles. The molecule has 0 atom stereocenters. The molecule has 20 heavy (non-hydrogen) atoms. The minimum atomic E-state index is 0.636. The Morgan fingerprint density at radius 3 is 2.70 bits per heavy atom. The van der Waals surface area contributed by atoms with Crippen molar-refractivity contribution >= 4 is 46.0 Å². The first kappa shape index (κ1) is 13.8. The number of imidazole rings is 2. The van der Waals surface area contributed by atoms with Crippen LogP contribution in [0.3, 0.4) is 0 Å². The number of aromatic nitrogens is 4. The summed E-state index contributed by atoms with van der Waals surface area (Å²) in [4.78, 5) is 8.88. The van der Waals surface area contributed by atoms with Gasteiger partial charge in [0.1, 0.15) is 11.0 Å². The number of nitrogens with zero attached hydrogens (tertiary/aromatic N) is 4. The third-order valence-corrected chi connectivity index (χ3v) is 4.77. The minimum absolute atomic E-state index is 0.636. The second kappa shape index (κ2) is 5.31. The number of benzene rings is 1. The van der Waals surface area contributed by atoms with Crippen LogP contribution in [0.2, 0.25) is 10.2 Å². The van der Waals surface area contributed by atoms with Gasteiger partial charge in [0.05, 0.1) is 23.0 Å². The molecule has 0 amide bonds. The molecule has 0 unspecified atom stereocenters. The Bertz CT molecular complexity index is 778.